The zero-order valence-corrected chi connectivity index (χ0v) is 16.0. The van der Waals surface area contributed by atoms with Gasteiger partial charge in [0.1, 0.15) is 5.82 Å². The lowest BCUT2D eigenvalue weighted by Crippen LogP contribution is -2.32. The quantitative estimate of drug-likeness (QED) is 0.531. The highest BCUT2D eigenvalue weighted by Gasteiger charge is 2.29. The molecule has 2 aromatic carbocycles. The molecule has 1 aliphatic rings. The van der Waals surface area contributed by atoms with E-state index in [1.54, 1.807) is 42.5 Å². The molecular formula is C23H22FN3O2. The predicted octanol–water partition coefficient (Wildman–Crippen LogP) is 4.04. The van der Waals surface area contributed by atoms with E-state index < -0.39 is 11.7 Å². The molecular weight excluding hydrogens is 369 g/mol. The van der Waals surface area contributed by atoms with Gasteiger partial charge in [0, 0.05) is 35.5 Å². The Hall–Kier alpha value is -3.67. The molecule has 0 fully saturated rings. The van der Waals surface area contributed by atoms with Crippen molar-refractivity contribution in [3.8, 4) is 0 Å². The summed E-state index contributed by atoms with van der Waals surface area (Å²) in [4.78, 5) is 24.9. The zero-order chi connectivity index (χ0) is 21.0. The fourth-order valence-corrected chi connectivity index (χ4v) is 3.25. The number of carbonyl (C=O) groups is 2. The molecule has 0 aromatic heterocycles. The number of hydrogen-bond acceptors (Lipinski definition) is 3. The van der Waals surface area contributed by atoms with Crippen LogP contribution in [-0.4, -0.2) is 11.8 Å². The van der Waals surface area contributed by atoms with Gasteiger partial charge in [0.25, 0.3) is 5.91 Å². The molecule has 4 N–H and O–H groups in total. The van der Waals surface area contributed by atoms with E-state index >= 15 is 0 Å². The maximum Gasteiger partial charge on any atom is 0.253 e. The van der Waals surface area contributed by atoms with Crippen LogP contribution in [0.2, 0.25) is 0 Å². The largest absolute Gasteiger partial charge is 0.398 e. The van der Waals surface area contributed by atoms with Crippen LogP contribution >= 0.6 is 0 Å². The monoisotopic (exact) mass is 391 g/mol. The van der Waals surface area contributed by atoms with Crippen molar-refractivity contribution in [1.29, 1.82) is 0 Å². The number of nitrogen functional groups attached to an aromatic ring is 1. The molecule has 6 heteroatoms. The van der Waals surface area contributed by atoms with Gasteiger partial charge in [-0.25, -0.2) is 4.39 Å². The zero-order valence-electron chi connectivity index (χ0n) is 16.0. The number of amides is 2. The van der Waals surface area contributed by atoms with Crippen molar-refractivity contribution in [3.05, 3.63) is 89.4 Å². The molecule has 0 saturated carbocycles. The highest BCUT2D eigenvalue weighted by molar-refractivity contribution is 6.07. The van der Waals surface area contributed by atoms with Gasteiger partial charge in [0.15, 0.2) is 0 Å². The van der Waals surface area contributed by atoms with Crippen molar-refractivity contribution in [3.63, 3.8) is 0 Å². The number of aryl methyl sites for hydroxylation is 1. The molecule has 2 aromatic rings. The lowest BCUT2D eigenvalue weighted by atomic mass is 9.86. The molecule has 0 saturated heterocycles. The molecule has 0 bridgehead atoms. The van der Waals surface area contributed by atoms with Crippen molar-refractivity contribution in [2.45, 2.75) is 19.3 Å². The first kappa shape index (κ1) is 20.1. The number of allylic oxidation sites excluding steroid dienone is 2. The second-order valence-electron chi connectivity index (χ2n) is 6.82. The van der Waals surface area contributed by atoms with Crippen LogP contribution in [0, 0.1) is 12.7 Å². The Kier molecular flexibility index (Phi) is 5.93. The van der Waals surface area contributed by atoms with E-state index in [1.807, 2.05) is 6.92 Å². The first-order valence-corrected chi connectivity index (χ1v) is 9.14. The maximum atomic E-state index is 13.7. The first-order chi connectivity index (χ1) is 13.9. The number of anilines is 2. The van der Waals surface area contributed by atoms with Crippen LogP contribution in [0.25, 0.3) is 6.08 Å². The van der Waals surface area contributed by atoms with Crippen LogP contribution in [0.5, 0.6) is 0 Å². The van der Waals surface area contributed by atoms with E-state index in [0.29, 0.717) is 22.5 Å². The van der Waals surface area contributed by atoms with Crippen molar-refractivity contribution < 1.29 is 14.0 Å². The first-order valence-electron chi connectivity index (χ1n) is 9.14. The molecule has 5 nitrogen and oxygen atoms in total. The Balaban J connectivity index is 1.91. The lowest BCUT2D eigenvalue weighted by Gasteiger charge is -2.24. The minimum Gasteiger partial charge on any atom is -0.398 e. The molecule has 0 aliphatic carbocycles. The standard InChI is InChI=1S/C23H22FN3O2/c1-3-4-6-16-11-21(14(2)9-20(16)25)27-23(29)19-13-26-22(28)12-18(19)15-7-5-8-17(24)10-15/h3-11,13,18H,1,12,25H2,2H3,(H,26,28)(H,27,29)/b6-4-/t18-/m0/s1. The molecule has 1 heterocycles. The van der Waals surface area contributed by atoms with Crippen LogP contribution in [0.3, 0.4) is 0 Å². The van der Waals surface area contributed by atoms with Gasteiger partial charge >= 0.3 is 0 Å². The summed E-state index contributed by atoms with van der Waals surface area (Å²) in [6.45, 7) is 5.48. The average Bonchev–Trinajstić information content (AvgIpc) is 2.69. The van der Waals surface area contributed by atoms with Gasteiger partial charge < -0.3 is 16.4 Å². The van der Waals surface area contributed by atoms with Crippen LogP contribution in [0.15, 0.2) is 66.9 Å². The summed E-state index contributed by atoms with van der Waals surface area (Å²) in [6, 6.07) is 9.50. The van der Waals surface area contributed by atoms with Gasteiger partial charge in [-0.2, -0.15) is 0 Å². The predicted molar refractivity (Wildman–Crippen MR) is 113 cm³/mol. The van der Waals surface area contributed by atoms with Gasteiger partial charge in [0.2, 0.25) is 5.91 Å². The summed E-state index contributed by atoms with van der Waals surface area (Å²) < 4.78 is 13.7. The third-order valence-corrected chi connectivity index (χ3v) is 4.76. The Morgan fingerprint density at radius 3 is 2.86 bits per heavy atom. The van der Waals surface area contributed by atoms with E-state index in [-0.39, 0.29) is 18.2 Å². The highest BCUT2D eigenvalue weighted by Crippen LogP contribution is 2.32. The number of nitrogens with two attached hydrogens (primary N) is 1. The summed E-state index contributed by atoms with van der Waals surface area (Å²) in [5.41, 5.74) is 9.70. The molecule has 148 valence electrons. The minimum atomic E-state index is -0.534. The van der Waals surface area contributed by atoms with Gasteiger partial charge in [0.05, 0.1) is 0 Å². The molecule has 3 rings (SSSR count). The third kappa shape index (κ3) is 4.60. The Morgan fingerprint density at radius 2 is 2.14 bits per heavy atom. The highest BCUT2D eigenvalue weighted by atomic mass is 19.1. The molecule has 0 radical (unpaired) electrons. The number of benzene rings is 2. The van der Waals surface area contributed by atoms with E-state index in [2.05, 4.69) is 17.2 Å². The summed E-state index contributed by atoms with van der Waals surface area (Å²) in [7, 11) is 0. The molecule has 0 spiro atoms. The number of hydrogen-bond donors (Lipinski definition) is 3. The van der Waals surface area contributed by atoms with Crippen LogP contribution in [-0.2, 0) is 9.59 Å². The van der Waals surface area contributed by atoms with Crippen LogP contribution < -0.4 is 16.4 Å². The molecule has 1 aliphatic heterocycles. The van der Waals surface area contributed by atoms with Gasteiger partial charge in [-0.05, 0) is 47.9 Å². The average molecular weight is 391 g/mol. The van der Waals surface area contributed by atoms with Crippen molar-refractivity contribution in [2.24, 2.45) is 0 Å². The van der Waals surface area contributed by atoms with Crippen molar-refractivity contribution in [1.82, 2.24) is 5.32 Å². The topological polar surface area (TPSA) is 84.2 Å². The summed E-state index contributed by atoms with van der Waals surface area (Å²) in [6.07, 6.45) is 6.65. The summed E-state index contributed by atoms with van der Waals surface area (Å²) >= 11 is 0. The van der Waals surface area contributed by atoms with Gasteiger partial charge in [-0.1, -0.05) is 36.9 Å². The second kappa shape index (κ2) is 8.56. The summed E-state index contributed by atoms with van der Waals surface area (Å²) in [5, 5.41) is 5.46. The number of carbonyl (C=O) groups excluding carboxylic acids is 2. The van der Waals surface area contributed by atoms with Crippen LogP contribution in [0.4, 0.5) is 15.8 Å². The Labute approximate surface area is 168 Å². The van der Waals surface area contributed by atoms with E-state index in [1.165, 1.54) is 18.3 Å². The Morgan fingerprint density at radius 1 is 1.34 bits per heavy atom. The lowest BCUT2D eigenvalue weighted by molar-refractivity contribution is -0.121. The normalized spacial score (nSPS) is 16.3. The van der Waals surface area contributed by atoms with Crippen molar-refractivity contribution in [2.75, 3.05) is 11.1 Å². The number of nitrogens with one attached hydrogen (secondary N) is 2. The molecule has 29 heavy (non-hydrogen) atoms. The van der Waals surface area contributed by atoms with Gasteiger partial charge in [-0.3, -0.25) is 9.59 Å². The summed E-state index contributed by atoms with van der Waals surface area (Å²) in [5.74, 6) is -1.54. The minimum absolute atomic E-state index is 0.0662. The van der Waals surface area contributed by atoms with E-state index in [9.17, 15) is 14.0 Å². The van der Waals surface area contributed by atoms with E-state index in [4.69, 9.17) is 5.73 Å². The Bertz CT molecular complexity index is 1040. The van der Waals surface area contributed by atoms with Crippen LogP contribution in [0.1, 0.15) is 29.0 Å². The SMILES string of the molecule is C=C/C=C\c1cc(NC(=O)C2=CNC(=O)C[C@H]2c2cccc(F)c2)c(C)cc1N. The van der Waals surface area contributed by atoms with E-state index in [0.717, 1.165) is 11.1 Å². The van der Waals surface area contributed by atoms with Crippen molar-refractivity contribution >= 4 is 29.3 Å². The second-order valence-corrected chi connectivity index (χ2v) is 6.82. The smallest absolute Gasteiger partial charge is 0.253 e. The molecule has 0 unspecified atom stereocenters. The molecule has 2 amide bonds. The maximum absolute atomic E-state index is 13.7. The van der Waals surface area contributed by atoms with Gasteiger partial charge in [-0.15, -0.1) is 0 Å². The fraction of sp³-hybridized carbons (Fsp3) is 0.130. The number of rotatable bonds is 5. The molecule has 1 atom stereocenters. The third-order valence-electron chi connectivity index (χ3n) is 4.76. The number of halogens is 1. The fourth-order valence-electron chi connectivity index (χ4n) is 3.25.